The topological polar surface area (TPSA) is 40.6 Å². The Labute approximate surface area is 122 Å². The molecule has 2 aliphatic rings. The molecule has 0 atom stereocenters. The quantitative estimate of drug-likeness (QED) is 0.797. The SMILES string of the molecule is O=C(CCN1CCCCCC1=O)N1CCCCCCC1. The van der Waals surface area contributed by atoms with Crippen molar-refractivity contribution in [2.45, 2.75) is 64.2 Å². The maximum Gasteiger partial charge on any atom is 0.224 e. The normalized spacial score (nSPS) is 22.1. The van der Waals surface area contributed by atoms with Gasteiger partial charge < -0.3 is 9.80 Å². The second kappa shape index (κ2) is 8.28. The molecule has 20 heavy (non-hydrogen) atoms. The van der Waals surface area contributed by atoms with Crippen LogP contribution in [0.2, 0.25) is 0 Å². The average Bonchev–Trinajstić information content (AvgIpc) is 2.60. The summed E-state index contributed by atoms with van der Waals surface area (Å²) in [5.41, 5.74) is 0. The van der Waals surface area contributed by atoms with E-state index in [0.29, 0.717) is 19.4 Å². The van der Waals surface area contributed by atoms with Crippen LogP contribution >= 0.6 is 0 Å². The summed E-state index contributed by atoms with van der Waals surface area (Å²) in [4.78, 5) is 28.1. The van der Waals surface area contributed by atoms with Gasteiger partial charge in [-0.25, -0.2) is 0 Å². The molecule has 0 aliphatic carbocycles. The minimum Gasteiger partial charge on any atom is -0.343 e. The predicted molar refractivity (Wildman–Crippen MR) is 79.3 cm³/mol. The van der Waals surface area contributed by atoms with E-state index in [1.807, 2.05) is 9.80 Å². The van der Waals surface area contributed by atoms with Crippen LogP contribution in [0.5, 0.6) is 0 Å². The molecule has 0 spiro atoms. The Morgan fingerprint density at radius 1 is 0.850 bits per heavy atom. The first kappa shape index (κ1) is 15.3. The van der Waals surface area contributed by atoms with E-state index < -0.39 is 0 Å². The lowest BCUT2D eigenvalue weighted by molar-refractivity contribution is -0.134. The van der Waals surface area contributed by atoms with Crippen LogP contribution in [0.25, 0.3) is 0 Å². The molecule has 2 rings (SSSR count). The molecule has 2 heterocycles. The fourth-order valence-corrected chi connectivity index (χ4v) is 3.16. The first-order chi connectivity index (χ1) is 9.77. The maximum absolute atomic E-state index is 12.3. The van der Waals surface area contributed by atoms with Crippen molar-refractivity contribution in [1.82, 2.24) is 9.80 Å². The lowest BCUT2D eigenvalue weighted by Gasteiger charge is -2.26. The van der Waals surface area contributed by atoms with Gasteiger partial charge in [0.1, 0.15) is 0 Å². The highest BCUT2D eigenvalue weighted by molar-refractivity contribution is 5.79. The highest BCUT2D eigenvalue weighted by atomic mass is 16.2. The van der Waals surface area contributed by atoms with Crippen LogP contribution in [0.15, 0.2) is 0 Å². The summed E-state index contributed by atoms with van der Waals surface area (Å²) in [7, 11) is 0. The smallest absolute Gasteiger partial charge is 0.224 e. The van der Waals surface area contributed by atoms with Crippen molar-refractivity contribution in [2.75, 3.05) is 26.2 Å². The van der Waals surface area contributed by atoms with Crippen LogP contribution in [-0.2, 0) is 9.59 Å². The van der Waals surface area contributed by atoms with Gasteiger partial charge in [0, 0.05) is 39.0 Å². The van der Waals surface area contributed by atoms with Crippen LogP contribution in [0.3, 0.4) is 0 Å². The van der Waals surface area contributed by atoms with Crippen molar-refractivity contribution in [3.05, 3.63) is 0 Å². The summed E-state index contributed by atoms with van der Waals surface area (Å²) < 4.78 is 0. The third kappa shape index (κ3) is 4.80. The van der Waals surface area contributed by atoms with E-state index in [2.05, 4.69) is 0 Å². The van der Waals surface area contributed by atoms with Gasteiger partial charge in [0.2, 0.25) is 11.8 Å². The minimum atomic E-state index is 0.239. The zero-order chi connectivity index (χ0) is 14.2. The lowest BCUT2D eigenvalue weighted by atomic mass is 10.1. The number of carbonyl (C=O) groups excluding carboxylic acids is 2. The largest absolute Gasteiger partial charge is 0.343 e. The molecule has 0 aromatic rings. The molecule has 4 heteroatoms. The second-order valence-electron chi connectivity index (χ2n) is 6.09. The monoisotopic (exact) mass is 280 g/mol. The standard InChI is InChI=1S/C16H28N2O2/c19-15-9-5-4-8-13-18(15)14-10-16(20)17-11-6-2-1-3-7-12-17/h1-14H2. The van der Waals surface area contributed by atoms with E-state index in [-0.39, 0.29) is 11.8 Å². The molecule has 0 aromatic carbocycles. The average molecular weight is 280 g/mol. The first-order valence-corrected chi connectivity index (χ1v) is 8.33. The van der Waals surface area contributed by atoms with Crippen LogP contribution in [0.4, 0.5) is 0 Å². The number of likely N-dealkylation sites (tertiary alicyclic amines) is 2. The number of hydrogen-bond acceptors (Lipinski definition) is 2. The Bertz CT molecular complexity index is 322. The minimum absolute atomic E-state index is 0.239. The molecule has 0 unspecified atom stereocenters. The Balaban J connectivity index is 1.76. The van der Waals surface area contributed by atoms with E-state index in [4.69, 9.17) is 0 Å². The van der Waals surface area contributed by atoms with Gasteiger partial charge >= 0.3 is 0 Å². The summed E-state index contributed by atoms with van der Waals surface area (Å²) in [5.74, 6) is 0.479. The molecule has 0 radical (unpaired) electrons. The van der Waals surface area contributed by atoms with Crippen molar-refractivity contribution < 1.29 is 9.59 Å². The molecule has 2 aliphatic heterocycles. The highest BCUT2D eigenvalue weighted by Gasteiger charge is 2.19. The van der Waals surface area contributed by atoms with E-state index in [9.17, 15) is 9.59 Å². The van der Waals surface area contributed by atoms with Gasteiger partial charge in [0.25, 0.3) is 0 Å². The van der Waals surface area contributed by atoms with Gasteiger partial charge in [-0.1, -0.05) is 25.7 Å². The Morgan fingerprint density at radius 2 is 1.45 bits per heavy atom. The van der Waals surface area contributed by atoms with Crippen molar-refractivity contribution in [1.29, 1.82) is 0 Å². The third-order valence-electron chi connectivity index (χ3n) is 4.48. The van der Waals surface area contributed by atoms with Gasteiger partial charge in [-0.05, 0) is 25.7 Å². The predicted octanol–water partition coefficient (Wildman–Crippen LogP) is 2.57. The molecule has 0 N–H and O–H groups in total. The zero-order valence-electron chi connectivity index (χ0n) is 12.6. The van der Waals surface area contributed by atoms with Gasteiger partial charge in [-0.2, -0.15) is 0 Å². The second-order valence-corrected chi connectivity index (χ2v) is 6.09. The van der Waals surface area contributed by atoms with E-state index in [1.165, 1.54) is 19.3 Å². The van der Waals surface area contributed by atoms with Gasteiger partial charge in [-0.3, -0.25) is 9.59 Å². The van der Waals surface area contributed by atoms with Crippen LogP contribution in [-0.4, -0.2) is 47.8 Å². The molecule has 4 nitrogen and oxygen atoms in total. The van der Waals surface area contributed by atoms with E-state index in [0.717, 1.165) is 51.7 Å². The Hall–Kier alpha value is -1.06. The summed E-state index contributed by atoms with van der Waals surface area (Å²) >= 11 is 0. The third-order valence-corrected chi connectivity index (χ3v) is 4.48. The summed E-state index contributed by atoms with van der Waals surface area (Å²) in [5, 5.41) is 0. The van der Waals surface area contributed by atoms with Gasteiger partial charge in [0.05, 0.1) is 0 Å². The Kier molecular flexibility index (Phi) is 6.34. The highest BCUT2D eigenvalue weighted by Crippen LogP contribution is 2.14. The molecule has 0 bridgehead atoms. The van der Waals surface area contributed by atoms with Crippen molar-refractivity contribution in [2.24, 2.45) is 0 Å². The molecular formula is C16H28N2O2. The summed E-state index contributed by atoms with van der Waals surface area (Å²) in [6, 6.07) is 0. The van der Waals surface area contributed by atoms with E-state index in [1.54, 1.807) is 0 Å². The number of carbonyl (C=O) groups is 2. The van der Waals surface area contributed by atoms with Crippen molar-refractivity contribution in [3.8, 4) is 0 Å². The zero-order valence-corrected chi connectivity index (χ0v) is 12.6. The number of rotatable bonds is 3. The first-order valence-electron chi connectivity index (χ1n) is 8.33. The summed E-state index contributed by atoms with van der Waals surface area (Å²) in [6.07, 6.45) is 10.5. The molecule has 2 amide bonds. The maximum atomic E-state index is 12.3. The van der Waals surface area contributed by atoms with Gasteiger partial charge in [-0.15, -0.1) is 0 Å². The van der Waals surface area contributed by atoms with Crippen molar-refractivity contribution >= 4 is 11.8 Å². The number of amides is 2. The fraction of sp³-hybridized carbons (Fsp3) is 0.875. The fourth-order valence-electron chi connectivity index (χ4n) is 3.16. The molecule has 2 saturated heterocycles. The molecular weight excluding hydrogens is 252 g/mol. The molecule has 0 aromatic heterocycles. The summed E-state index contributed by atoms with van der Waals surface area (Å²) in [6.45, 7) is 3.28. The van der Waals surface area contributed by atoms with Crippen LogP contribution in [0, 0.1) is 0 Å². The number of hydrogen-bond donors (Lipinski definition) is 0. The van der Waals surface area contributed by atoms with Crippen molar-refractivity contribution in [3.63, 3.8) is 0 Å². The molecule has 0 saturated carbocycles. The Morgan fingerprint density at radius 3 is 2.20 bits per heavy atom. The molecule has 2 fully saturated rings. The van der Waals surface area contributed by atoms with Crippen LogP contribution in [0.1, 0.15) is 64.2 Å². The van der Waals surface area contributed by atoms with Gasteiger partial charge in [0.15, 0.2) is 0 Å². The number of nitrogens with zero attached hydrogens (tertiary/aromatic N) is 2. The van der Waals surface area contributed by atoms with E-state index >= 15 is 0 Å². The van der Waals surface area contributed by atoms with Crippen LogP contribution < -0.4 is 0 Å². The molecule has 114 valence electrons. The lowest BCUT2D eigenvalue weighted by Crippen LogP contribution is -2.38.